The molecule has 3 nitrogen and oxygen atoms in total. The molecule has 1 atom stereocenters. The summed E-state index contributed by atoms with van der Waals surface area (Å²) in [7, 11) is 0. The van der Waals surface area contributed by atoms with Crippen molar-refractivity contribution in [3.05, 3.63) is 23.4 Å². The molecule has 19 heavy (non-hydrogen) atoms. The van der Waals surface area contributed by atoms with Crippen LogP contribution in [-0.2, 0) is 10.6 Å². The van der Waals surface area contributed by atoms with Crippen LogP contribution in [-0.4, -0.2) is 30.8 Å². The van der Waals surface area contributed by atoms with Crippen LogP contribution >= 0.6 is 11.6 Å². The number of pyridine rings is 1. The van der Waals surface area contributed by atoms with Crippen molar-refractivity contribution in [2.24, 2.45) is 0 Å². The summed E-state index contributed by atoms with van der Waals surface area (Å²) in [6.07, 6.45) is 1.36. The number of rotatable bonds is 4. The summed E-state index contributed by atoms with van der Waals surface area (Å²) >= 11 is 6.00. The van der Waals surface area contributed by atoms with E-state index < -0.39 is 0 Å². The van der Waals surface area contributed by atoms with Crippen molar-refractivity contribution < 1.29 is 4.74 Å². The molecule has 0 amide bonds. The number of halogens is 1. The third kappa shape index (κ3) is 3.61. The number of ether oxygens (including phenoxy) is 1. The van der Waals surface area contributed by atoms with Crippen LogP contribution in [0.15, 0.2) is 12.1 Å². The molecule has 0 spiro atoms. The molecule has 1 fully saturated rings. The lowest BCUT2D eigenvalue weighted by Crippen LogP contribution is -2.42. The van der Waals surface area contributed by atoms with Crippen molar-refractivity contribution in [3.63, 3.8) is 0 Å². The van der Waals surface area contributed by atoms with E-state index in [9.17, 15) is 0 Å². The van der Waals surface area contributed by atoms with Gasteiger partial charge in [0, 0.05) is 24.7 Å². The smallest absolute Gasteiger partial charge is 0.129 e. The molecule has 1 unspecified atom stereocenters. The molecule has 1 aromatic heterocycles. The molecule has 1 aromatic rings. The summed E-state index contributed by atoms with van der Waals surface area (Å²) in [6.45, 7) is 9.11. The van der Waals surface area contributed by atoms with E-state index in [1.54, 1.807) is 0 Å². The van der Waals surface area contributed by atoms with Gasteiger partial charge in [0.25, 0.3) is 0 Å². The van der Waals surface area contributed by atoms with Gasteiger partial charge in [-0.05, 0) is 30.0 Å². The Hall–Kier alpha value is -0.800. The Balaban J connectivity index is 2.25. The van der Waals surface area contributed by atoms with E-state index in [0.29, 0.717) is 17.9 Å². The van der Waals surface area contributed by atoms with Gasteiger partial charge in [0.05, 0.1) is 12.7 Å². The molecule has 4 heteroatoms. The Morgan fingerprint density at radius 3 is 2.89 bits per heavy atom. The molecule has 1 saturated heterocycles. The summed E-state index contributed by atoms with van der Waals surface area (Å²) in [6, 6.07) is 4.22. The first kappa shape index (κ1) is 14.6. The lowest BCUT2D eigenvalue weighted by atomic mass is 10.1. The van der Waals surface area contributed by atoms with E-state index in [-0.39, 0.29) is 0 Å². The minimum atomic E-state index is 0.317. The minimum absolute atomic E-state index is 0.317. The highest BCUT2D eigenvalue weighted by Gasteiger charge is 2.21. The Kier molecular flexibility index (Phi) is 5.06. The van der Waals surface area contributed by atoms with Gasteiger partial charge in [-0.3, -0.25) is 0 Å². The predicted octanol–water partition coefficient (Wildman–Crippen LogP) is 3.56. The third-order valence-electron chi connectivity index (χ3n) is 3.56. The highest BCUT2D eigenvalue weighted by molar-refractivity contribution is 6.17. The van der Waals surface area contributed by atoms with E-state index in [2.05, 4.69) is 37.8 Å². The zero-order valence-electron chi connectivity index (χ0n) is 12.0. The number of morpholine rings is 1. The standard InChI is InChI=1S/C15H23ClN2O/c1-4-13-10-18(5-6-19-13)15-8-12(9-16)7-14(17-15)11(2)3/h7-8,11,13H,4-6,9-10H2,1-3H3. The van der Waals surface area contributed by atoms with Gasteiger partial charge in [-0.15, -0.1) is 11.6 Å². The fourth-order valence-electron chi connectivity index (χ4n) is 2.30. The molecule has 1 aliphatic rings. The fraction of sp³-hybridized carbons (Fsp3) is 0.667. The molecular formula is C15H23ClN2O. The van der Waals surface area contributed by atoms with Crippen LogP contribution in [0, 0.1) is 0 Å². The summed E-state index contributed by atoms with van der Waals surface area (Å²) in [5.41, 5.74) is 2.27. The van der Waals surface area contributed by atoms with Gasteiger partial charge in [0.15, 0.2) is 0 Å². The molecule has 0 aliphatic carbocycles. The first-order valence-electron chi connectivity index (χ1n) is 7.07. The summed E-state index contributed by atoms with van der Waals surface area (Å²) in [5.74, 6) is 2.00. The zero-order valence-corrected chi connectivity index (χ0v) is 12.8. The molecule has 106 valence electrons. The second-order valence-corrected chi connectivity index (χ2v) is 5.66. The van der Waals surface area contributed by atoms with E-state index in [0.717, 1.165) is 43.2 Å². The van der Waals surface area contributed by atoms with Gasteiger partial charge in [-0.1, -0.05) is 20.8 Å². The maximum Gasteiger partial charge on any atom is 0.129 e. The molecular weight excluding hydrogens is 260 g/mol. The Morgan fingerprint density at radius 1 is 1.47 bits per heavy atom. The lowest BCUT2D eigenvalue weighted by molar-refractivity contribution is 0.0381. The van der Waals surface area contributed by atoms with Crippen LogP contribution in [0.25, 0.3) is 0 Å². The van der Waals surface area contributed by atoms with E-state index in [1.807, 2.05) is 0 Å². The van der Waals surface area contributed by atoms with E-state index in [1.165, 1.54) is 0 Å². The third-order valence-corrected chi connectivity index (χ3v) is 3.86. The normalized spacial score (nSPS) is 20.1. The lowest BCUT2D eigenvalue weighted by Gasteiger charge is -2.33. The molecule has 2 heterocycles. The van der Waals surface area contributed by atoms with E-state index >= 15 is 0 Å². The molecule has 0 aromatic carbocycles. The van der Waals surface area contributed by atoms with Crippen LogP contribution in [0.2, 0.25) is 0 Å². The van der Waals surface area contributed by atoms with Crippen LogP contribution in [0.4, 0.5) is 5.82 Å². The molecule has 2 rings (SSSR count). The fourth-order valence-corrected chi connectivity index (χ4v) is 2.46. The first-order valence-corrected chi connectivity index (χ1v) is 7.60. The van der Waals surface area contributed by atoms with Gasteiger partial charge in [0.1, 0.15) is 5.82 Å². The van der Waals surface area contributed by atoms with Crippen LogP contribution in [0.5, 0.6) is 0 Å². The van der Waals surface area contributed by atoms with Gasteiger partial charge in [-0.2, -0.15) is 0 Å². The summed E-state index contributed by atoms with van der Waals surface area (Å²) in [4.78, 5) is 7.10. The molecule has 0 saturated carbocycles. The Morgan fingerprint density at radius 2 is 2.26 bits per heavy atom. The topological polar surface area (TPSA) is 25.4 Å². The number of hydrogen-bond acceptors (Lipinski definition) is 3. The Bertz CT molecular complexity index is 423. The van der Waals surface area contributed by atoms with E-state index in [4.69, 9.17) is 21.3 Å². The van der Waals surface area contributed by atoms with Crippen LogP contribution in [0.3, 0.4) is 0 Å². The number of aromatic nitrogens is 1. The van der Waals surface area contributed by atoms with Crippen molar-refractivity contribution in [1.82, 2.24) is 4.98 Å². The minimum Gasteiger partial charge on any atom is -0.375 e. The van der Waals surface area contributed by atoms with Crippen molar-refractivity contribution in [1.29, 1.82) is 0 Å². The second-order valence-electron chi connectivity index (χ2n) is 5.39. The van der Waals surface area contributed by atoms with Crippen LogP contribution < -0.4 is 4.90 Å². The second kappa shape index (κ2) is 6.58. The highest BCUT2D eigenvalue weighted by Crippen LogP contribution is 2.23. The SMILES string of the molecule is CCC1CN(c2cc(CCl)cc(C(C)C)n2)CCO1. The van der Waals surface area contributed by atoms with Crippen molar-refractivity contribution in [2.45, 2.75) is 45.1 Å². The largest absolute Gasteiger partial charge is 0.375 e. The number of nitrogens with zero attached hydrogens (tertiary/aromatic N) is 2. The van der Waals surface area contributed by atoms with Gasteiger partial charge < -0.3 is 9.64 Å². The highest BCUT2D eigenvalue weighted by atomic mass is 35.5. The number of alkyl halides is 1. The summed E-state index contributed by atoms with van der Waals surface area (Å²) in [5, 5.41) is 0. The first-order chi connectivity index (χ1) is 9.13. The molecule has 0 radical (unpaired) electrons. The van der Waals surface area contributed by atoms with Gasteiger partial charge >= 0.3 is 0 Å². The van der Waals surface area contributed by atoms with Gasteiger partial charge in [-0.25, -0.2) is 4.98 Å². The molecule has 0 bridgehead atoms. The monoisotopic (exact) mass is 282 g/mol. The van der Waals surface area contributed by atoms with Crippen molar-refractivity contribution in [2.75, 3.05) is 24.6 Å². The quantitative estimate of drug-likeness (QED) is 0.790. The number of anilines is 1. The maximum absolute atomic E-state index is 6.00. The maximum atomic E-state index is 6.00. The molecule has 1 aliphatic heterocycles. The average molecular weight is 283 g/mol. The van der Waals surface area contributed by atoms with Crippen molar-refractivity contribution in [3.8, 4) is 0 Å². The molecule has 0 N–H and O–H groups in total. The zero-order chi connectivity index (χ0) is 13.8. The van der Waals surface area contributed by atoms with Crippen molar-refractivity contribution >= 4 is 17.4 Å². The van der Waals surface area contributed by atoms with Gasteiger partial charge in [0.2, 0.25) is 0 Å². The number of hydrogen-bond donors (Lipinski definition) is 0. The van der Waals surface area contributed by atoms with Crippen LogP contribution in [0.1, 0.15) is 44.4 Å². The predicted molar refractivity (Wildman–Crippen MR) is 80.1 cm³/mol. The summed E-state index contributed by atoms with van der Waals surface area (Å²) < 4.78 is 5.72. The average Bonchev–Trinajstić information content (AvgIpc) is 2.46. The Labute approximate surface area is 120 Å².